The van der Waals surface area contributed by atoms with E-state index < -0.39 is 0 Å². The Morgan fingerprint density at radius 1 is 1.15 bits per heavy atom. The average Bonchev–Trinajstić information content (AvgIpc) is 2.49. The topological polar surface area (TPSA) is 35.5 Å². The van der Waals surface area contributed by atoms with Gasteiger partial charge in [0, 0.05) is 4.47 Å². The van der Waals surface area contributed by atoms with E-state index >= 15 is 0 Å². The van der Waals surface area contributed by atoms with Crippen LogP contribution in [0.1, 0.15) is 5.56 Å². The summed E-state index contributed by atoms with van der Waals surface area (Å²) in [6.07, 6.45) is 0.658. The summed E-state index contributed by atoms with van der Waals surface area (Å²) in [6.45, 7) is 0.367. The Kier molecular flexibility index (Phi) is 3.74. The van der Waals surface area contributed by atoms with E-state index in [1.54, 1.807) is 12.1 Å². The zero-order chi connectivity index (χ0) is 13.9. The van der Waals surface area contributed by atoms with Crippen molar-refractivity contribution in [2.24, 2.45) is 5.92 Å². The van der Waals surface area contributed by atoms with Crippen molar-refractivity contribution < 1.29 is 14.3 Å². The summed E-state index contributed by atoms with van der Waals surface area (Å²) in [5, 5.41) is 0. The molecule has 1 unspecified atom stereocenters. The fraction of sp³-hybridized carbons (Fsp3) is 0.188. The first-order valence-corrected chi connectivity index (χ1v) is 7.19. The molecule has 1 heterocycles. The number of carbonyl (C=O) groups excluding carboxylic acids is 1. The summed E-state index contributed by atoms with van der Waals surface area (Å²) in [7, 11) is 0. The van der Waals surface area contributed by atoms with E-state index in [9.17, 15) is 4.79 Å². The monoisotopic (exact) mass is 332 g/mol. The molecule has 0 saturated carbocycles. The molecule has 0 aromatic heterocycles. The van der Waals surface area contributed by atoms with E-state index in [0.29, 0.717) is 18.8 Å². The normalized spacial score (nSPS) is 16.9. The van der Waals surface area contributed by atoms with Gasteiger partial charge in [0.1, 0.15) is 18.1 Å². The van der Waals surface area contributed by atoms with Crippen LogP contribution in [-0.4, -0.2) is 12.6 Å². The Morgan fingerprint density at radius 3 is 2.70 bits per heavy atom. The lowest BCUT2D eigenvalue weighted by Gasteiger charge is -2.23. The lowest BCUT2D eigenvalue weighted by atomic mass is 9.97. The van der Waals surface area contributed by atoms with Crippen LogP contribution in [0.15, 0.2) is 53.0 Å². The third-order valence-corrected chi connectivity index (χ3v) is 3.77. The van der Waals surface area contributed by atoms with Crippen molar-refractivity contribution in [3.8, 4) is 11.5 Å². The van der Waals surface area contributed by atoms with Gasteiger partial charge in [-0.25, -0.2) is 0 Å². The van der Waals surface area contributed by atoms with Gasteiger partial charge in [-0.15, -0.1) is 0 Å². The molecule has 2 aromatic rings. The summed E-state index contributed by atoms with van der Waals surface area (Å²) in [5.74, 6) is 0.910. The highest BCUT2D eigenvalue weighted by molar-refractivity contribution is 9.10. The highest BCUT2D eigenvalue weighted by Crippen LogP contribution is 2.28. The third-order valence-electron chi connectivity index (χ3n) is 3.24. The number of para-hydroxylation sites is 1. The quantitative estimate of drug-likeness (QED) is 0.622. The number of fused-ring (bicyclic) bond motifs is 1. The summed E-state index contributed by atoms with van der Waals surface area (Å²) in [4.78, 5) is 12.1. The van der Waals surface area contributed by atoms with Gasteiger partial charge in [0.25, 0.3) is 0 Å². The first kappa shape index (κ1) is 13.2. The van der Waals surface area contributed by atoms with Gasteiger partial charge in [-0.3, -0.25) is 4.79 Å². The molecule has 0 saturated heterocycles. The van der Waals surface area contributed by atoms with Crippen molar-refractivity contribution in [1.82, 2.24) is 0 Å². The molecule has 0 bridgehead atoms. The molecule has 0 amide bonds. The zero-order valence-electron chi connectivity index (χ0n) is 10.7. The summed E-state index contributed by atoms with van der Waals surface area (Å²) in [5.41, 5.74) is 1.05. The minimum atomic E-state index is -0.256. The molecule has 0 N–H and O–H groups in total. The van der Waals surface area contributed by atoms with Gasteiger partial charge in [-0.05, 0) is 42.3 Å². The molecular weight excluding hydrogens is 320 g/mol. The second-order valence-electron chi connectivity index (χ2n) is 4.69. The molecule has 1 aliphatic rings. The number of carbonyl (C=O) groups is 1. The fourth-order valence-corrected chi connectivity index (χ4v) is 2.45. The van der Waals surface area contributed by atoms with Gasteiger partial charge in [0.05, 0.1) is 5.92 Å². The summed E-state index contributed by atoms with van der Waals surface area (Å²) in [6, 6.07) is 15.0. The van der Waals surface area contributed by atoms with Gasteiger partial charge < -0.3 is 9.47 Å². The zero-order valence-corrected chi connectivity index (χ0v) is 12.3. The number of hydrogen-bond donors (Lipinski definition) is 0. The highest BCUT2D eigenvalue weighted by atomic mass is 79.9. The molecule has 2 aromatic carbocycles. The second-order valence-corrected chi connectivity index (χ2v) is 5.61. The smallest absolute Gasteiger partial charge is 0.318 e. The first-order chi connectivity index (χ1) is 9.72. The van der Waals surface area contributed by atoms with Crippen molar-refractivity contribution in [2.45, 2.75) is 6.42 Å². The molecule has 1 atom stereocenters. The molecule has 4 heteroatoms. The fourth-order valence-electron chi connectivity index (χ4n) is 2.18. The Bertz CT molecular complexity index is 622. The number of ether oxygens (including phenoxy) is 2. The van der Waals surface area contributed by atoms with E-state index in [2.05, 4.69) is 15.9 Å². The Hall–Kier alpha value is -1.81. The van der Waals surface area contributed by atoms with Crippen molar-refractivity contribution in [2.75, 3.05) is 6.61 Å². The van der Waals surface area contributed by atoms with Crippen LogP contribution < -0.4 is 9.47 Å². The van der Waals surface area contributed by atoms with Gasteiger partial charge in [0.2, 0.25) is 0 Å². The molecule has 1 aliphatic heterocycles. The van der Waals surface area contributed by atoms with Crippen molar-refractivity contribution in [3.63, 3.8) is 0 Å². The lowest BCUT2D eigenvalue weighted by Crippen LogP contribution is -2.31. The lowest BCUT2D eigenvalue weighted by molar-refractivity contribution is -0.140. The van der Waals surface area contributed by atoms with E-state index in [1.165, 1.54) is 0 Å². The van der Waals surface area contributed by atoms with Gasteiger partial charge in [0.15, 0.2) is 0 Å². The Labute approximate surface area is 125 Å². The second kappa shape index (κ2) is 5.67. The summed E-state index contributed by atoms with van der Waals surface area (Å²) >= 11 is 3.35. The Morgan fingerprint density at radius 2 is 1.90 bits per heavy atom. The molecule has 0 radical (unpaired) electrons. The van der Waals surface area contributed by atoms with Crippen LogP contribution in [0.2, 0.25) is 0 Å². The van der Waals surface area contributed by atoms with Gasteiger partial charge in [-0.1, -0.05) is 34.1 Å². The summed E-state index contributed by atoms with van der Waals surface area (Å²) < 4.78 is 11.9. The molecule has 0 fully saturated rings. The number of esters is 1. The maximum absolute atomic E-state index is 12.1. The van der Waals surface area contributed by atoms with Crippen LogP contribution in [-0.2, 0) is 11.2 Å². The van der Waals surface area contributed by atoms with Crippen LogP contribution in [0, 0.1) is 5.92 Å². The maximum Gasteiger partial charge on any atom is 0.318 e. The van der Waals surface area contributed by atoms with E-state index in [1.807, 2.05) is 36.4 Å². The van der Waals surface area contributed by atoms with Gasteiger partial charge >= 0.3 is 5.97 Å². The number of halogens is 1. The molecule has 3 rings (SSSR count). The van der Waals surface area contributed by atoms with Crippen LogP contribution in [0.5, 0.6) is 11.5 Å². The average molecular weight is 333 g/mol. The predicted molar refractivity (Wildman–Crippen MR) is 78.9 cm³/mol. The van der Waals surface area contributed by atoms with Crippen molar-refractivity contribution >= 4 is 21.9 Å². The maximum atomic E-state index is 12.1. The van der Waals surface area contributed by atoms with E-state index in [0.717, 1.165) is 15.8 Å². The SMILES string of the molecule is O=C(Oc1ccc(Br)cc1)C1COc2ccccc2C1. The first-order valence-electron chi connectivity index (χ1n) is 6.40. The van der Waals surface area contributed by atoms with E-state index in [-0.39, 0.29) is 11.9 Å². The van der Waals surface area contributed by atoms with Crippen LogP contribution in [0.3, 0.4) is 0 Å². The number of hydrogen-bond acceptors (Lipinski definition) is 3. The molecule has 3 nitrogen and oxygen atoms in total. The largest absolute Gasteiger partial charge is 0.492 e. The van der Waals surface area contributed by atoms with Crippen LogP contribution >= 0.6 is 15.9 Å². The molecule has 102 valence electrons. The van der Waals surface area contributed by atoms with Crippen LogP contribution in [0.4, 0.5) is 0 Å². The van der Waals surface area contributed by atoms with E-state index in [4.69, 9.17) is 9.47 Å². The molecule has 0 aliphatic carbocycles. The van der Waals surface area contributed by atoms with Gasteiger partial charge in [-0.2, -0.15) is 0 Å². The highest BCUT2D eigenvalue weighted by Gasteiger charge is 2.27. The minimum Gasteiger partial charge on any atom is -0.492 e. The Balaban J connectivity index is 1.68. The molecular formula is C16H13BrO3. The number of benzene rings is 2. The molecule has 20 heavy (non-hydrogen) atoms. The predicted octanol–water partition coefficient (Wildman–Crippen LogP) is 3.61. The molecule has 0 spiro atoms. The minimum absolute atomic E-state index is 0.248. The van der Waals surface area contributed by atoms with Crippen molar-refractivity contribution in [3.05, 3.63) is 58.6 Å². The van der Waals surface area contributed by atoms with Crippen molar-refractivity contribution in [1.29, 1.82) is 0 Å². The van der Waals surface area contributed by atoms with Crippen LogP contribution in [0.25, 0.3) is 0 Å². The third kappa shape index (κ3) is 2.85. The standard InChI is InChI=1S/C16H13BrO3/c17-13-5-7-14(8-6-13)20-16(18)12-9-11-3-1-2-4-15(11)19-10-12/h1-8,12H,9-10H2. The number of rotatable bonds is 2.